The summed E-state index contributed by atoms with van der Waals surface area (Å²) in [6.45, 7) is 1.40. The molecule has 0 atom stereocenters. The van der Waals surface area contributed by atoms with Crippen LogP contribution in [0, 0.1) is 0 Å². The third-order valence-electron chi connectivity index (χ3n) is 3.60. The third-order valence-corrected chi connectivity index (χ3v) is 3.60. The van der Waals surface area contributed by atoms with Crippen LogP contribution in [-0.4, -0.2) is 52.1 Å². The van der Waals surface area contributed by atoms with Gasteiger partial charge in [-0.15, -0.1) is 0 Å². The summed E-state index contributed by atoms with van der Waals surface area (Å²) in [6, 6.07) is 3.02. The van der Waals surface area contributed by atoms with E-state index in [-0.39, 0.29) is 17.2 Å². The van der Waals surface area contributed by atoms with Crippen LogP contribution in [0.1, 0.15) is 16.9 Å². The van der Waals surface area contributed by atoms with Crippen LogP contribution in [0.3, 0.4) is 0 Å². The normalized spacial score (nSPS) is 11.2. The maximum absolute atomic E-state index is 12.1. The molecule has 1 N–H and O–H groups in total. The summed E-state index contributed by atoms with van der Waals surface area (Å²) in [7, 11) is 6.87. The third kappa shape index (κ3) is 3.48. The summed E-state index contributed by atoms with van der Waals surface area (Å²) < 4.78 is 2.28. The quantitative estimate of drug-likeness (QED) is 0.737. The summed E-state index contributed by atoms with van der Waals surface area (Å²) in [5, 5.41) is 3.08. The number of hydrogen-bond acceptors (Lipinski definition) is 5. The molecule has 0 aliphatic carbocycles. The van der Waals surface area contributed by atoms with E-state index in [1.165, 1.54) is 30.8 Å². The molecule has 0 bridgehead atoms. The second-order valence-corrected chi connectivity index (χ2v) is 5.69. The molecule has 0 saturated carbocycles. The predicted octanol–water partition coefficient (Wildman–Crippen LogP) is -0.686. The lowest BCUT2D eigenvalue weighted by Gasteiger charge is -2.10. The molecule has 8 nitrogen and oxygen atoms in total. The minimum atomic E-state index is -0.474. The van der Waals surface area contributed by atoms with Crippen molar-refractivity contribution >= 4 is 16.9 Å². The molecule has 23 heavy (non-hydrogen) atoms. The van der Waals surface area contributed by atoms with Gasteiger partial charge in [-0.25, -0.2) is 9.78 Å². The van der Waals surface area contributed by atoms with Crippen LogP contribution in [-0.2, 0) is 14.1 Å². The average Bonchev–Trinajstić information content (AvgIpc) is 2.54. The van der Waals surface area contributed by atoms with Gasteiger partial charge in [-0.2, -0.15) is 0 Å². The number of nitrogens with zero attached hydrogens (tertiary/aromatic N) is 4. The lowest BCUT2D eigenvalue weighted by molar-refractivity contribution is 0.0947. The summed E-state index contributed by atoms with van der Waals surface area (Å²) in [5.41, 5.74) is -0.503. The Labute approximate surface area is 133 Å². The van der Waals surface area contributed by atoms with Crippen molar-refractivity contribution in [2.45, 2.75) is 6.42 Å². The molecule has 2 aromatic heterocycles. The maximum atomic E-state index is 12.1. The Kier molecular flexibility index (Phi) is 4.95. The van der Waals surface area contributed by atoms with Crippen LogP contribution in [0.4, 0.5) is 0 Å². The summed E-state index contributed by atoms with van der Waals surface area (Å²) in [6.07, 6.45) is 0.825. The smallest absolute Gasteiger partial charge is 0.332 e. The topological polar surface area (TPSA) is 89.2 Å². The van der Waals surface area contributed by atoms with Crippen molar-refractivity contribution in [2.75, 3.05) is 27.2 Å². The first-order chi connectivity index (χ1) is 10.8. The van der Waals surface area contributed by atoms with Crippen LogP contribution >= 0.6 is 0 Å². The molecule has 0 saturated heterocycles. The van der Waals surface area contributed by atoms with Crippen LogP contribution in [0.15, 0.2) is 21.7 Å². The minimum absolute atomic E-state index is 0.186. The van der Waals surface area contributed by atoms with E-state index in [2.05, 4.69) is 10.3 Å². The Balaban J connectivity index is 2.28. The van der Waals surface area contributed by atoms with Gasteiger partial charge in [-0.05, 0) is 39.2 Å². The molecule has 2 rings (SSSR count). The molecule has 0 unspecified atom stereocenters. The zero-order chi connectivity index (χ0) is 17.1. The second kappa shape index (κ2) is 6.74. The zero-order valence-corrected chi connectivity index (χ0v) is 13.8. The molecule has 0 aromatic carbocycles. The molecule has 0 radical (unpaired) electrons. The Hall–Kier alpha value is -2.48. The Morgan fingerprint density at radius 2 is 1.91 bits per heavy atom. The van der Waals surface area contributed by atoms with Crippen LogP contribution in [0.25, 0.3) is 11.0 Å². The van der Waals surface area contributed by atoms with Gasteiger partial charge in [0, 0.05) is 20.6 Å². The summed E-state index contributed by atoms with van der Waals surface area (Å²) >= 11 is 0. The molecule has 124 valence electrons. The van der Waals surface area contributed by atoms with E-state index in [1.807, 2.05) is 19.0 Å². The van der Waals surface area contributed by atoms with Crippen molar-refractivity contribution in [3.63, 3.8) is 0 Å². The number of aryl methyl sites for hydroxylation is 1. The summed E-state index contributed by atoms with van der Waals surface area (Å²) in [4.78, 5) is 42.3. The lowest BCUT2D eigenvalue weighted by Crippen LogP contribution is -2.37. The molecule has 0 spiro atoms. The number of rotatable bonds is 5. The van der Waals surface area contributed by atoms with E-state index >= 15 is 0 Å². The fourth-order valence-electron chi connectivity index (χ4n) is 2.27. The SMILES string of the molecule is CN(C)CCCNC(=O)c1ccc2c(=O)n(C)c(=O)n(C)c2n1. The molecule has 0 aliphatic rings. The number of hydrogen-bond donors (Lipinski definition) is 1. The number of carbonyl (C=O) groups is 1. The fourth-order valence-corrected chi connectivity index (χ4v) is 2.27. The van der Waals surface area contributed by atoms with Gasteiger partial charge in [0.15, 0.2) is 0 Å². The minimum Gasteiger partial charge on any atom is -0.351 e. The van der Waals surface area contributed by atoms with Crippen molar-refractivity contribution < 1.29 is 4.79 Å². The number of nitrogens with one attached hydrogen (secondary N) is 1. The molecule has 8 heteroatoms. The molecule has 2 heterocycles. The van der Waals surface area contributed by atoms with Gasteiger partial charge in [0.2, 0.25) is 0 Å². The highest BCUT2D eigenvalue weighted by atomic mass is 16.2. The average molecular weight is 319 g/mol. The number of fused-ring (bicyclic) bond motifs is 1. The van der Waals surface area contributed by atoms with Crippen molar-refractivity contribution in [3.8, 4) is 0 Å². The first-order valence-electron chi connectivity index (χ1n) is 7.32. The number of aromatic nitrogens is 3. The Morgan fingerprint density at radius 1 is 1.22 bits per heavy atom. The van der Waals surface area contributed by atoms with Crippen LogP contribution in [0.5, 0.6) is 0 Å². The van der Waals surface area contributed by atoms with Crippen molar-refractivity contribution in [1.29, 1.82) is 0 Å². The van der Waals surface area contributed by atoms with Gasteiger partial charge < -0.3 is 10.2 Å². The first kappa shape index (κ1) is 16.9. The predicted molar refractivity (Wildman–Crippen MR) is 87.7 cm³/mol. The number of amides is 1. The van der Waals surface area contributed by atoms with Crippen LogP contribution in [0.2, 0.25) is 0 Å². The number of carbonyl (C=O) groups excluding carboxylic acids is 1. The van der Waals surface area contributed by atoms with Crippen molar-refractivity contribution in [2.24, 2.45) is 14.1 Å². The molecule has 1 amide bonds. The first-order valence-corrected chi connectivity index (χ1v) is 7.32. The zero-order valence-electron chi connectivity index (χ0n) is 13.8. The van der Waals surface area contributed by atoms with E-state index in [9.17, 15) is 14.4 Å². The van der Waals surface area contributed by atoms with Crippen molar-refractivity contribution in [1.82, 2.24) is 24.3 Å². The largest absolute Gasteiger partial charge is 0.351 e. The number of pyridine rings is 1. The van der Waals surface area contributed by atoms with Crippen LogP contribution < -0.4 is 16.6 Å². The second-order valence-electron chi connectivity index (χ2n) is 5.69. The van der Waals surface area contributed by atoms with E-state index in [0.29, 0.717) is 11.9 Å². The van der Waals surface area contributed by atoms with E-state index in [1.54, 1.807) is 0 Å². The molecular formula is C15H21N5O3. The standard InChI is InChI=1S/C15H21N5O3/c1-18(2)9-5-8-16-13(21)11-7-6-10-12(17-11)19(3)15(23)20(4)14(10)22/h6-7H,5,8-9H2,1-4H3,(H,16,21). The highest BCUT2D eigenvalue weighted by molar-refractivity contribution is 5.94. The molecule has 2 aromatic rings. The maximum Gasteiger partial charge on any atom is 0.332 e. The fraction of sp³-hybridized carbons (Fsp3) is 0.467. The Bertz CT molecular complexity index is 851. The lowest BCUT2D eigenvalue weighted by atomic mass is 10.2. The monoisotopic (exact) mass is 319 g/mol. The van der Waals surface area contributed by atoms with Gasteiger partial charge in [-0.3, -0.25) is 18.7 Å². The van der Waals surface area contributed by atoms with E-state index < -0.39 is 11.2 Å². The molecule has 0 fully saturated rings. The molecular weight excluding hydrogens is 298 g/mol. The van der Waals surface area contributed by atoms with Gasteiger partial charge in [0.25, 0.3) is 11.5 Å². The van der Waals surface area contributed by atoms with Gasteiger partial charge in [0.05, 0.1) is 5.39 Å². The van der Waals surface area contributed by atoms with E-state index in [4.69, 9.17) is 0 Å². The van der Waals surface area contributed by atoms with Gasteiger partial charge in [-0.1, -0.05) is 0 Å². The summed E-state index contributed by atoms with van der Waals surface area (Å²) in [5.74, 6) is -0.321. The van der Waals surface area contributed by atoms with Gasteiger partial charge >= 0.3 is 5.69 Å². The molecule has 0 aliphatic heterocycles. The van der Waals surface area contributed by atoms with E-state index in [0.717, 1.165) is 17.5 Å². The highest BCUT2D eigenvalue weighted by Crippen LogP contribution is 2.06. The Morgan fingerprint density at radius 3 is 2.57 bits per heavy atom. The van der Waals surface area contributed by atoms with Gasteiger partial charge in [0.1, 0.15) is 11.3 Å². The highest BCUT2D eigenvalue weighted by Gasteiger charge is 2.13. The van der Waals surface area contributed by atoms with Crippen molar-refractivity contribution in [3.05, 3.63) is 38.7 Å².